The van der Waals surface area contributed by atoms with Crippen molar-refractivity contribution in [1.29, 1.82) is 0 Å². The fourth-order valence-electron chi connectivity index (χ4n) is 2.47. The third-order valence-corrected chi connectivity index (χ3v) is 3.74. The number of hydrogen-bond acceptors (Lipinski definition) is 6. The highest BCUT2D eigenvalue weighted by molar-refractivity contribution is 5.85. The summed E-state index contributed by atoms with van der Waals surface area (Å²) in [5.74, 6) is 0.127. The molecule has 0 aliphatic rings. The molecule has 2 aromatic heterocycles. The molecule has 1 aromatic carbocycles. The first-order chi connectivity index (χ1) is 11.3. The lowest BCUT2D eigenvalue weighted by molar-refractivity contribution is -0.137. The van der Waals surface area contributed by atoms with Crippen molar-refractivity contribution in [3.8, 4) is 5.75 Å². The average molecular weight is 338 g/mol. The molecule has 3 aromatic rings. The van der Waals surface area contributed by atoms with Gasteiger partial charge in [-0.1, -0.05) is 6.07 Å². The van der Waals surface area contributed by atoms with Gasteiger partial charge in [0.1, 0.15) is 5.75 Å². The highest BCUT2D eigenvalue weighted by Crippen LogP contribution is 2.35. The lowest BCUT2D eigenvalue weighted by atomic mass is 9.99. The van der Waals surface area contributed by atoms with Crippen LogP contribution in [-0.4, -0.2) is 22.4 Å². The largest absolute Gasteiger partial charge is 0.496 e. The molecule has 0 aliphatic heterocycles. The van der Waals surface area contributed by atoms with Crippen LogP contribution in [0.1, 0.15) is 22.4 Å². The van der Waals surface area contributed by atoms with Crippen LogP contribution in [0.3, 0.4) is 0 Å². The summed E-state index contributed by atoms with van der Waals surface area (Å²) in [5.41, 5.74) is 8.03. The van der Waals surface area contributed by atoms with E-state index in [0.29, 0.717) is 28.0 Å². The molecular weight excluding hydrogens is 325 g/mol. The van der Waals surface area contributed by atoms with E-state index in [0.717, 1.165) is 12.1 Å². The zero-order chi connectivity index (χ0) is 17.5. The van der Waals surface area contributed by atoms with Gasteiger partial charge in [0.2, 0.25) is 5.65 Å². The Morgan fingerprint density at radius 3 is 2.67 bits per heavy atom. The number of anilines is 1. The Balaban J connectivity index is 2.05. The summed E-state index contributed by atoms with van der Waals surface area (Å²) in [6.45, 7) is 1.73. The smallest absolute Gasteiger partial charge is 0.416 e. The van der Waals surface area contributed by atoms with E-state index in [9.17, 15) is 13.2 Å². The van der Waals surface area contributed by atoms with Crippen LogP contribution in [0.4, 0.5) is 18.9 Å². The number of aryl methyl sites for hydroxylation is 1. The highest BCUT2D eigenvalue weighted by atomic mass is 19.4. The van der Waals surface area contributed by atoms with E-state index in [4.69, 9.17) is 10.5 Å². The molecule has 0 saturated heterocycles. The molecule has 0 unspecified atom stereocenters. The van der Waals surface area contributed by atoms with Crippen molar-refractivity contribution < 1.29 is 22.5 Å². The average Bonchev–Trinajstić information content (AvgIpc) is 2.98. The standard InChI is InChI=1S/C15H13F3N4O2/c1-7-10(12(19)13-14(20-7)22-24-21-13)5-8-3-4-9(15(16,17)18)6-11(8)23-2/h3-4,6H,5,19H2,1-2H3. The number of benzene rings is 1. The Hall–Kier alpha value is -2.84. The molecule has 0 fully saturated rings. The first-order valence-corrected chi connectivity index (χ1v) is 6.92. The predicted octanol–water partition coefficient (Wildman–Crippen LogP) is 3.13. The summed E-state index contributed by atoms with van der Waals surface area (Å²) in [6.07, 6.45) is -4.19. The van der Waals surface area contributed by atoms with Gasteiger partial charge in [0.15, 0.2) is 5.52 Å². The Morgan fingerprint density at radius 1 is 1.25 bits per heavy atom. The SMILES string of the molecule is COc1cc(C(F)(F)F)ccc1Cc1c(C)nc2nonc2c1N. The number of halogens is 3. The van der Waals surface area contributed by atoms with Gasteiger partial charge < -0.3 is 10.5 Å². The van der Waals surface area contributed by atoms with Gasteiger partial charge >= 0.3 is 6.18 Å². The molecule has 0 aliphatic carbocycles. The third kappa shape index (κ3) is 2.72. The van der Waals surface area contributed by atoms with Crippen molar-refractivity contribution in [2.24, 2.45) is 0 Å². The van der Waals surface area contributed by atoms with Crippen molar-refractivity contribution in [2.75, 3.05) is 12.8 Å². The molecule has 9 heteroatoms. The number of pyridine rings is 1. The number of ether oxygens (including phenoxy) is 1. The maximum Gasteiger partial charge on any atom is 0.416 e. The van der Waals surface area contributed by atoms with E-state index in [1.165, 1.54) is 13.2 Å². The van der Waals surface area contributed by atoms with Gasteiger partial charge in [-0.25, -0.2) is 9.61 Å². The normalized spacial score (nSPS) is 11.9. The number of alkyl halides is 3. The second-order valence-corrected chi connectivity index (χ2v) is 5.23. The lowest BCUT2D eigenvalue weighted by Gasteiger charge is -2.14. The number of hydrogen-bond donors (Lipinski definition) is 1. The fourth-order valence-corrected chi connectivity index (χ4v) is 2.47. The van der Waals surface area contributed by atoms with Gasteiger partial charge in [0.05, 0.1) is 18.4 Å². The molecule has 126 valence electrons. The number of fused-ring (bicyclic) bond motifs is 1. The van der Waals surface area contributed by atoms with E-state index < -0.39 is 11.7 Å². The maximum atomic E-state index is 12.8. The van der Waals surface area contributed by atoms with Gasteiger partial charge in [0, 0.05) is 17.7 Å². The summed E-state index contributed by atoms with van der Waals surface area (Å²) >= 11 is 0. The van der Waals surface area contributed by atoms with Crippen LogP contribution < -0.4 is 10.5 Å². The molecule has 0 bridgehead atoms. The second kappa shape index (κ2) is 5.66. The molecule has 0 amide bonds. The van der Waals surface area contributed by atoms with Crippen molar-refractivity contribution in [2.45, 2.75) is 19.5 Å². The Bertz CT molecular complexity index is 906. The number of rotatable bonds is 3. The lowest BCUT2D eigenvalue weighted by Crippen LogP contribution is -2.07. The Morgan fingerprint density at radius 2 is 2.00 bits per heavy atom. The minimum atomic E-state index is -4.44. The maximum absolute atomic E-state index is 12.8. The van der Waals surface area contributed by atoms with Crippen molar-refractivity contribution >= 4 is 16.9 Å². The zero-order valence-corrected chi connectivity index (χ0v) is 12.8. The van der Waals surface area contributed by atoms with Gasteiger partial charge in [-0.3, -0.25) is 0 Å². The third-order valence-electron chi connectivity index (χ3n) is 3.74. The molecule has 0 saturated carbocycles. The highest BCUT2D eigenvalue weighted by Gasteiger charge is 2.31. The molecule has 0 spiro atoms. The van der Waals surface area contributed by atoms with E-state index in [1.54, 1.807) is 6.92 Å². The van der Waals surface area contributed by atoms with Gasteiger partial charge in [-0.15, -0.1) is 0 Å². The monoisotopic (exact) mass is 338 g/mol. The molecule has 2 heterocycles. The van der Waals surface area contributed by atoms with E-state index in [2.05, 4.69) is 19.9 Å². The first kappa shape index (κ1) is 16.0. The van der Waals surface area contributed by atoms with E-state index >= 15 is 0 Å². The fraction of sp³-hybridized carbons (Fsp3) is 0.267. The Kier molecular flexibility index (Phi) is 3.78. The van der Waals surface area contributed by atoms with Gasteiger partial charge in [-0.05, 0) is 34.9 Å². The number of aromatic nitrogens is 3. The van der Waals surface area contributed by atoms with Crippen LogP contribution in [-0.2, 0) is 12.6 Å². The molecule has 2 N–H and O–H groups in total. The molecule has 24 heavy (non-hydrogen) atoms. The summed E-state index contributed by atoms with van der Waals surface area (Å²) in [6, 6.07) is 3.34. The molecular formula is C15H13F3N4O2. The van der Waals surface area contributed by atoms with Crippen LogP contribution in [0, 0.1) is 6.92 Å². The number of nitrogens with two attached hydrogens (primary N) is 1. The van der Waals surface area contributed by atoms with Crippen LogP contribution in [0.5, 0.6) is 5.75 Å². The first-order valence-electron chi connectivity index (χ1n) is 6.92. The van der Waals surface area contributed by atoms with Crippen LogP contribution in [0.25, 0.3) is 11.2 Å². The molecule has 6 nitrogen and oxygen atoms in total. The summed E-state index contributed by atoms with van der Waals surface area (Å²) in [5, 5.41) is 7.33. The summed E-state index contributed by atoms with van der Waals surface area (Å²) in [4.78, 5) is 4.24. The van der Waals surface area contributed by atoms with Crippen molar-refractivity contribution in [1.82, 2.24) is 15.3 Å². The minimum Gasteiger partial charge on any atom is -0.496 e. The predicted molar refractivity (Wildman–Crippen MR) is 79.6 cm³/mol. The number of nitrogen functional groups attached to an aromatic ring is 1. The quantitative estimate of drug-likeness (QED) is 0.789. The Labute approximate surface area is 134 Å². The van der Waals surface area contributed by atoms with Crippen molar-refractivity contribution in [3.05, 3.63) is 40.6 Å². The molecule has 3 rings (SSSR count). The van der Waals surface area contributed by atoms with Crippen LogP contribution in [0.2, 0.25) is 0 Å². The molecule has 0 radical (unpaired) electrons. The topological polar surface area (TPSA) is 87.1 Å². The van der Waals surface area contributed by atoms with E-state index in [1.807, 2.05) is 0 Å². The second-order valence-electron chi connectivity index (χ2n) is 5.23. The van der Waals surface area contributed by atoms with Gasteiger partial charge in [0.25, 0.3) is 0 Å². The van der Waals surface area contributed by atoms with Crippen molar-refractivity contribution in [3.63, 3.8) is 0 Å². The molecule has 0 atom stereocenters. The van der Waals surface area contributed by atoms with Gasteiger partial charge in [-0.2, -0.15) is 13.2 Å². The number of nitrogens with zero attached hydrogens (tertiary/aromatic N) is 3. The van der Waals surface area contributed by atoms with Crippen LogP contribution in [0.15, 0.2) is 22.8 Å². The van der Waals surface area contributed by atoms with Crippen LogP contribution >= 0.6 is 0 Å². The summed E-state index contributed by atoms with van der Waals surface area (Å²) in [7, 11) is 1.32. The zero-order valence-electron chi connectivity index (χ0n) is 12.8. The minimum absolute atomic E-state index is 0.127. The van der Waals surface area contributed by atoms with E-state index in [-0.39, 0.29) is 17.8 Å². The number of methoxy groups -OCH3 is 1. The summed E-state index contributed by atoms with van der Waals surface area (Å²) < 4.78 is 48.2.